The molecule has 2 aromatic carbocycles. The minimum atomic E-state index is -0.585. The lowest BCUT2D eigenvalue weighted by atomic mass is 10.1. The van der Waals surface area contributed by atoms with Gasteiger partial charge in [0.25, 0.3) is 5.91 Å². The van der Waals surface area contributed by atoms with Crippen LogP contribution in [-0.2, 0) is 11.3 Å². The van der Waals surface area contributed by atoms with Crippen LogP contribution < -0.4 is 5.32 Å². The Morgan fingerprint density at radius 1 is 1.21 bits per heavy atom. The molecule has 6 heteroatoms. The van der Waals surface area contributed by atoms with E-state index in [4.69, 9.17) is 0 Å². The molecule has 2 heterocycles. The van der Waals surface area contributed by atoms with Gasteiger partial charge in [-0.15, -0.1) is 0 Å². The molecule has 2 amide bonds. The van der Waals surface area contributed by atoms with Gasteiger partial charge < -0.3 is 9.88 Å². The third-order valence-corrected chi connectivity index (χ3v) is 4.33. The molecule has 3 aromatic rings. The third-order valence-electron chi connectivity index (χ3n) is 4.33. The van der Waals surface area contributed by atoms with Crippen LogP contribution in [0.3, 0.4) is 0 Å². The number of fused-ring (bicyclic) bond motifs is 2. The number of benzene rings is 2. The van der Waals surface area contributed by atoms with E-state index in [9.17, 15) is 9.59 Å². The van der Waals surface area contributed by atoms with Crippen molar-refractivity contribution in [1.82, 2.24) is 14.9 Å². The van der Waals surface area contributed by atoms with Crippen LogP contribution in [0.4, 0.5) is 5.95 Å². The molecule has 2 N–H and O–H groups in total. The number of H-pyrrole nitrogens is 1. The zero-order chi connectivity index (χ0) is 16.7. The number of amides is 2. The normalized spacial score (nSPS) is 14.7. The molecule has 120 valence electrons. The number of nitrogens with zero attached hydrogens (tertiary/aromatic N) is 2. The average molecular weight is 320 g/mol. The highest BCUT2D eigenvalue weighted by Gasteiger charge is 2.33. The minimum absolute atomic E-state index is 0.113. The predicted molar refractivity (Wildman–Crippen MR) is 90.5 cm³/mol. The quantitative estimate of drug-likeness (QED) is 0.778. The van der Waals surface area contributed by atoms with Crippen molar-refractivity contribution in [2.75, 3.05) is 5.32 Å². The van der Waals surface area contributed by atoms with Crippen molar-refractivity contribution in [2.45, 2.75) is 19.5 Å². The molecule has 0 radical (unpaired) electrons. The number of aromatic nitrogens is 2. The molecule has 4 rings (SSSR count). The van der Waals surface area contributed by atoms with E-state index in [0.29, 0.717) is 18.1 Å². The van der Waals surface area contributed by atoms with Gasteiger partial charge in [-0.3, -0.25) is 14.9 Å². The van der Waals surface area contributed by atoms with Crippen LogP contribution in [0, 0.1) is 0 Å². The van der Waals surface area contributed by atoms with Gasteiger partial charge in [0.15, 0.2) is 0 Å². The van der Waals surface area contributed by atoms with Gasteiger partial charge in [-0.05, 0) is 30.7 Å². The van der Waals surface area contributed by atoms with Crippen molar-refractivity contribution in [3.8, 4) is 0 Å². The van der Waals surface area contributed by atoms with Crippen molar-refractivity contribution >= 4 is 28.8 Å². The number of carbonyl (C=O) groups is 2. The Labute approximate surface area is 138 Å². The zero-order valence-electron chi connectivity index (χ0n) is 13.1. The van der Waals surface area contributed by atoms with E-state index in [1.165, 1.54) is 0 Å². The molecule has 1 aromatic heterocycles. The maximum absolute atomic E-state index is 12.5. The second-order valence-electron chi connectivity index (χ2n) is 5.86. The lowest BCUT2D eigenvalue weighted by Gasteiger charge is -2.22. The summed E-state index contributed by atoms with van der Waals surface area (Å²) in [5.74, 6) is 0.00489. The minimum Gasteiger partial charge on any atom is -0.324 e. The predicted octanol–water partition coefficient (Wildman–Crippen LogP) is 2.55. The molecule has 0 aliphatic carbocycles. The number of aromatic amines is 1. The van der Waals surface area contributed by atoms with E-state index >= 15 is 0 Å². The van der Waals surface area contributed by atoms with Crippen molar-refractivity contribution in [3.05, 3.63) is 59.7 Å². The highest BCUT2D eigenvalue weighted by atomic mass is 16.2. The fourth-order valence-electron chi connectivity index (χ4n) is 2.96. The van der Waals surface area contributed by atoms with Crippen LogP contribution >= 0.6 is 0 Å². The Morgan fingerprint density at radius 3 is 2.75 bits per heavy atom. The Kier molecular flexibility index (Phi) is 3.30. The second kappa shape index (κ2) is 5.49. The van der Waals surface area contributed by atoms with E-state index in [2.05, 4.69) is 15.3 Å². The first-order chi connectivity index (χ1) is 11.6. The van der Waals surface area contributed by atoms with E-state index in [-0.39, 0.29) is 11.8 Å². The molecular formula is C18H16N4O2. The van der Waals surface area contributed by atoms with Gasteiger partial charge in [0, 0.05) is 12.1 Å². The number of anilines is 1. The van der Waals surface area contributed by atoms with Gasteiger partial charge in [-0.2, -0.15) is 0 Å². The topological polar surface area (TPSA) is 78.1 Å². The highest BCUT2D eigenvalue weighted by molar-refractivity contribution is 6.03. The SMILES string of the molecule is C[C@@H](C(=O)Nc1nc2ccccc2[nH]1)N1Cc2ccccc2C1=O. The van der Waals surface area contributed by atoms with Crippen molar-refractivity contribution in [1.29, 1.82) is 0 Å². The molecule has 0 saturated carbocycles. The van der Waals surface area contributed by atoms with E-state index in [1.807, 2.05) is 42.5 Å². The third kappa shape index (κ3) is 2.32. The lowest BCUT2D eigenvalue weighted by Crippen LogP contribution is -2.42. The van der Waals surface area contributed by atoms with Gasteiger partial charge in [0.2, 0.25) is 11.9 Å². The Morgan fingerprint density at radius 2 is 1.96 bits per heavy atom. The molecule has 24 heavy (non-hydrogen) atoms. The number of nitrogens with one attached hydrogen (secondary N) is 2. The summed E-state index contributed by atoms with van der Waals surface area (Å²) in [5.41, 5.74) is 3.25. The van der Waals surface area contributed by atoms with Crippen molar-refractivity contribution in [3.63, 3.8) is 0 Å². The summed E-state index contributed by atoms with van der Waals surface area (Å²) in [4.78, 5) is 33.9. The fourth-order valence-corrected chi connectivity index (χ4v) is 2.96. The number of hydrogen-bond acceptors (Lipinski definition) is 3. The van der Waals surface area contributed by atoms with Crippen LogP contribution in [0.5, 0.6) is 0 Å². The zero-order valence-corrected chi connectivity index (χ0v) is 13.1. The van der Waals surface area contributed by atoms with Gasteiger partial charge in [-0.1, -0.05) is 30.3 Å². The number of hydrogen-bond donors (Lipinski definition) is 2. The Hall–Kier alpha value is -3.15. The maximum Gasteiger partial charge on any atom is 0.255 e. The lowest BCUT2D eigenvalue weighted by molar-refractivity contribution is -0.120. The summed E-state index contributed by atoms with van der Waals surface area (Å²) >= 11 is 0. The summed E-state index contributed by atoms with van der Waals surface area (Å²) in [7, 11) is 0. The van der Waals surface area contributed by atoms with Gasteiger partial charge >= 0.3 is 0 Å². The number of carbonyl (C=O) groups excluding carboxylic acids is 2. The summed E-state index contributed by atoms with van der Waals surface area (Å²) in [6, 6.07) is 14.4. The van der Waals surface area contributed by atoms with Crippen LogP contribution in [-0.4, -0.2) is 32.7 Å². The first kappa shape index (κ1) is 14.4. The fraction of sp³-hybridized carbons (Fsp3) is 0.167. The van der Waals surface area contributed by atoms with Crippen LogP contribution in [0.15, 0.2) is 48.5 Å². The molecule has 0 saturated heterocycles. The van der Waals surface area contributed by atoms with E-state index in [0.717, 1.165) is 16.6 Å². The summed E-state index contributed by atoms with van der Waals surface area (Å²) < 4.78 is 0. The van der Waals surface area contributed by atoms with E-state index < -0.39 is 6.04 Å². The molecule has 0 unspecified atom stereocenters. The number of rotatable bonds is 3. The van der Waals surface area contributed by atoms with Gasteiger partial charge in [-0.25, -0.2) is 4.98 Å². The number of imidazole rings is 1. The standard InChI is InChI=1S/C18H16N4O2/c1-11(22-10-12-6-2-3-7-13(12)17(22)24)16(23)21-18-19-14-8-4-5-9-15(14)20-18/h2-9,11H,10H2,1H3,(H2,19,20,21,23)/t11-/m0/s1. The van der Waals surface area contributed by atoms with Crippen LogP contribution in [0.1, 0.15) is 22.8 Å². The largest absolute Gasteiger partial charge is 0.324 e. The summed E-state index contributed by atoms with van der Waals surface area (Å²) in [5, 5.41) is 2.76. The molecule has 1 atom stereocenters. The second-order valence-corrected chi connectivity index (χ2v) is 5.86. The van der Waals surface area contributed by atoms with E-state index in [1.54, 1.807) is 17.9 Å². The van der Waals surface area contributed by atoms with Gasteiger partial charge in [0.1, 0.15) is 6.04 Å². The highest BCUT2D eigenvalue weighted by Crippen LogP contribution is 2.24. The molecule has 0 bridgehead atoms. The Bertz CT molecular complexity index is 914. The molecule has 6 nitrogen and oxygen atoms in total. The van der Waals surface area contributed by atoms with Crippen LogP contribution in [0.25, 0.3) is 11.0 Å². The molecule has 1 aliphatic rings. The first-order valence-corrected chi connectivity index (χ1v) is 7.78. The average Bonchev–Trinajstić information content (AvgIpc) is 3.15. The molecule has 0 spiro atoms. The molecular weight excluding hydrogens is 304 g/mol. The van der Waals surface area contributed by atoms with Crippen molar-refractivity contribution in [2.24, 2.45) is 0 Å². The number of para-hydroxylation sites is 2. The van der Waals surface area contributed by atoms with Gasteiger partial charge in [0.05, 0.1) is 11.0 Å². The van der Waals surface area contributed by atoms with Crippen molar-refractivity contribution < 1.29 is 9.59 Å². The summed E-state index contributed by atoms with van der Waals surface area (Å²) in [6.07, 6.45) is 0. The van der Waals surface area contributed by atoms with Crippen LogP contribution in [0.2, 0.25) is 0 Å². The molecule has 0 fully saturated rings. The monoisotopic (exact) mass is 320 g/mol. The first-order valence-electron chi connectivity index (χ1n) is 7.78. The Balaban J connectivity index is 1.51. The maximum atomic E-state index is 12.5. The molecule has 1 aliphatic heterocycles. The smallest absolute Gasteiger partial charge is 0.255 e. The summed E-state index contributed by atoms with van der Waals surface area (Å²) in [6.45, 7) is 2.17.